The summed E-state index contributed by atoms with van der Waals surface area (Å²) in [5.74, 6) is -2.15. The van der Waals surface area contributed by atoms with E-state index in [4.69, 9.17) is 0 Å². The Bertz CT molecular complexity index is 1090. The van der Waals surface area contributed by atoms with Crippen molar-refractivity contribution in [2.75, 3.05) is 0 Å². The van der Waals surface area contributed by atoms with Crippen LogP contribution in [-0.2, 0) is 14.4 Å². The third kappa shape index (κ3) is 34.2. The molecule has 0 saturated heterocycles. The van der Waals surface area contributed by atoms with Gasteiger partial charge in [-0.1, -0.05) is 243 Å². The largest absolute Gasteiger partial charge is 0.382 e. The van der Waals surface area contributed by atoms with Crippen molar-refractivity contribution in [3.63, 3.8) is 0 Å². The summed E-state index contributed by atoms with van der Waals surface area (Å²) < 4.78 is 0. The van der Waals surface area contributed by atoms with E-state index in [1.807, 2.05) is 0 Å². The summed E-state index contributed by atoms with van der Waals surface area (Å²) in [7, 11) is 0. The van der Waals surface area contributed by atoms with Gasteiger partial charge in [0.05, 0.1) is 0 Å². The predicted molar refractivity (Wildman–Crippen MR) is 261 cm³/mol. The molecular weight excluding hydrogens is 757 g/mol. The van der Waals surface area contributed by atoms with Gasteiger partial charge < -0.3 is 15.3 Å². The highest BCUT2D eigenvalue weighted by atomic mass is 16.4. The minimum absolute atomic E-state index is 0.00944. The van der Waals surface area contributed by atoms with Gasteiger partial charge in [0.25, 0.3) is 0 Å². The summed E-state index contributed by atoms with van der Waals surface area (Å²) in [5.41, 5.74) is -2.81. The molecule has 0 aromatic rings. The van der Waals surface area contributed by atoms with E-state index in [0.717, 1.165) is 89.9 Å². The maximum atomic E-state index is 13.6. The van der Waals surface area contributed by atoms with E-state index >= 15 is 0 Å². The van der Waals surface area contributed by atoms with Gasteiger partial charge in [-0.3, -0.25) is 14.4 Å². The number of ketones is 3. The number of hydrogen-bond donors (Lipinski definition) is 3. The molecule has 3 unspecified atom stereocenters. The first-order chi connectivity index (χ1) is 29.8. The van der Waals surface area contributed by atoms with E-state index in [9.17, 15) is 29.7 Å². The molecule has 356 valence electrons. The van der Waals surface area contributed by atoms with Crippen LogP contribution in [0.15, 0.2) is 36.5 Å². The summed E-state index contributed by atoms with van der Waals surface area (Å²) in [6.07, 6.45) is 50.0. The molecule has 3 atom stereocenters. The van der Waals surface area contributed by atoms with Gasteiger partial charge in [0.1, 0.15) is 0 Å². The fourth-order valence-corrected chi connectivity index (χ4v) is 8.31. The van der Waals surface area contributed by atoms with Gasteiger partial charge in [-0.2, -0.15) is 0 Å². The monoisotopic (exact) mass is 857 g/mol. The van der Waals surface area contributed by atoms with Crippen molar-refractivity contribution >= 4 is 17.3 Å². The van der Waals surface area contributed by atoms with Crippen molar-refractivity contribution in [2.45, 2.75) is 295 Å². The molecule has 0 aromatic carbocycles. The van der Waals surface area contributed by atoms with Gasteiger partial charge in [0.2, 0.25) is 0 Å². The van der Waals surface area contributed by atoms with Crippen LogP contribution in [0.4, 0.5) is 0 Å². The van der Waals surface area contributed by atoms with Crippen LogP contribution >= 0.6 is 0 Å². The quantitative estimate of drug-likeness (QED) is 0.0415. The van der Waals surface area contributed by atoms with Crippen LogP contribution in [0.5, 0.6) is 0 Å². The van der Waals surface area contributed by atoms with Gasteiger partial charge in [-0.05, 0) is 51.4 Å². The van der Waals surface area contributed by atoms with Crippen LogP contribution in [0.2, 0.25) is 0 Å². The lowest BCUT2D eigenvalue weighted by Gasteiger charge is -2.34. The molecular formula is C55H100O6. The molecule has 3 N–H and O–H groups in total. The van der Waals surface area contributed by atoms with Crippen LogP contribution in [0.1, 0.15) is 278 Å². The number of rotatable bonds is 48. The van der Waals surface area contributed by atoms with Crippen LogP contribution in [0, 0.1) is 0 Å². The Labute approximate surface area is 377 Å². The number of hydrogen-bond acceptors (Lipinski definition) is 6. The second kappa shape index (κ2) is 44.7. The van der Waals surface area contributed by atoms with E-state index in [1.165, 1.54) is 128 Å². The van der Waals surface area contributed by atoms with E-state index in [0.29, 0.717) is 19.3 Å². The van der Waals surface area contributed by atoms with Crippen molar-refractivity contribution < 1.29 is 29.7 Å². The Kier molecular flexibility index (Phi) is 43.3. The van der Waals surface area contributed by atoms with Gasteiger partial charge >= 0.3 is 0 Å². The molecule has 0 aliphatic carbocycles. The number of aliphatic hydroxyl groups is 3. The summed E-state index contributed by atoms with van der Waals surface area (Å²) >= 11 is 0. The van der Waals surface area contributed by atoms with Gasteiger partial charge in [0.15, 0.2) is 35.2 Å². The molecule has 0 fully saturated rings. The average molecular weight is 857 g/mol. The molecule has 6 nitrogen and oxygen atoms in total. The van der Waals surface area contributed by atoms with Crippen molar-refractivity contribution in [2.24, 2.45) is 0 Å². The number of carbonyl (C=O) groups is 3. The van der Waals surface area contributed by atoms with Crippen LogP contribution in [0.25, 0.3) is 0 Å². The zero-order valence-corrected chi connectivity index (χ0v) is 40.5. The lowest BCUT2D eigenvalue weighted by Crippen LogP contribution is -2.63. The van der Waals surface area contributed by atoms with Crippen LogP contribution < -0.4 is 0 Å². The van der Waals surface area contributed by atoms with E-state index in [-0.39, 0.29) is 19.3 Å². The lowest BCUT2D eigenvalue weighted by atomic mass is 9.78. The molecule has 0 aromatic heterocycles. The summed E-state index contributed by atoms with van der Waals surface area (Å²) in [5, 5.41) is 34.1. The first-order valence-electron chi connectivity index (χ1n) is 26.4. The number of allylic oxidation sites excluding steroid dienone is 6. The normalized spacial score (nSPS) is 14.1. The minimum Gasteiger partial charge on any atom is -0.382 e. The molecule has 0 bridgehead atoms. The highest BCUT2D eigenvalue weighted by Gasteiger charge is 2.53. The Morgan fingerprint density at radius 1 is 0.377 bits per heavy atom. The molecule has 0 aliphatic rings. The topological polar surface area (TPSA) is 112 Å². The first kappa shape index (κ1) is 59.1. The number of unbranched alkanes of at least 4 members (excludes halogenated alkanes) is 31. The molecule has 0 heterocycles. The van der Waals surface area contributed by atoms with E-state index < -0.39 is 35.2 Å². The van der Waals surface area contributed by atoms with Crippen molar-refractivity contribution in [3.8, 4) is 0 Å². The molecule has 0 radical (unpaired) electrons. The Hall–Kier alpha value is -1.89. The fraction of sp³-hybridized carbons (Fsp3) is 0.836. The van der Waals surface area contributed by atoms with Gasteiger partial charge in [-0.25, -0.2) is 0 Å². The zero-order valence-electron chi connectivity index (χ0n) is 40.5. The maximum Gasteiger partial charge on any atom is 0.189 e. The summed E-state index contributed by atoms with van der Waals surface area (Å²) in [6.45, 7) is 6.64. The summed E-state index contributed by atoms with van der Waals surface area (Å²) in [6, 6.07) is 0. The highest BCUT2D eigenvalue weighted by molar-refractivity contribution is 6.01. The van der Waals surface area contributed by atoms with Crippen molar-refractivity contribution in [1.29, 1.82) is 0 Å². The second-order valence-corrected chi connectivity index (χ2v) is 18.3. The van der Waals surface area contributed by atoms with Gasteiger partial charge in [-0.15, -0.1) is 0 Å². The molecule has 0 aliphatic heterocycles. The molecule has 0 saturated carbocycles. The first-order valence-corrected chi connectivity index (χ1v) is 26.4. The lowest BCUT2D eigenvalue weighted by molar-refractivity contribution is -0.181. The smallest absolute Gasteiger partial charge is 0.189 e. The molecule has 61 heavy (non-hydrogen) atoms. The van der Waals surface area contributed by atoms with Crippen LogP contribution in [-0.4, -0.2) is 50.5 Å². The fourth-order valence-electron chi connectivity index (χ4n) is 8.31. The third-order valence-electron chi connectivity index (χ3n) is 12.5. The third-order valence-corrected chi connectivity index (χ3v) is 12.5. The number of carbonyl (C=O) groups excluding carboxylic acids is 3. The van der Waals surface area contributed by atoms with E-state index in [1.54, 1.807) is 0 Å². The highest BCUT2D eigenvalue weighted by Crippen LogP contribution is 2.26. The Morgan fingerprint density at radius 3 is 1.00 bits per heavy atom. The van der Waals surface area contributed by atoms with Crippen molar-refractivity contribution in [3.05, 3.63) is 36.5 Å². The maximum absolute atomic E-state index is 13.6. The Balaban J connectivity index is 4.81. The predicted octanol–water partition coefficient (Wildman–Crippen LogP) is 15.5. The minimum atomic E-state index is -2.81. The second-order valence-electron chi connectivity index (χ2n) is 18.3. The Morgan fingerprint density at radius 2 is 0.656 bits per heavy atom. The number of Topliss-reactive ketones (excluding diaryl/α,β-unsaturated/α-hetero) is 3. The SMILES string of the molecule is CC/C=C\C/C=C\C/C=C\CCCCCCCC(=O)C(O)(C(O)C(=O)CCCCCCCCCCCCCCC)C(O)C(=O)CCCCCCCCCCCCCCCCC. The molecule has 0 rings (SSSR count). The molecule has 0 amide bonds. The van der Waals surface area contributed by atoms with E-state index in [2.05, 4.69) is 57.2 Å². The zero-order chi connectivity index (χ0) is 44.9. The summed E-state index contributed by atoms with van der Waals surface area (Å²) in [4.78, 5) is 40.1. The van der Waals surface area contributed by atoms with Crippen molar-refractivity contribution in [1.82, 2.24) is 0 Å². The number of aliphatic hydroxyl groups excluding tert-OH is 2. The molecule has 0 spiro atoms. The average Bonchev–Trinajstić information content (AvgIpc) is 3.26. The van der Waals surface area contributed by atoms with Crippen LogP contribution in [0.3, 0.4) is 0 Å². The molecule has 6 heteroatoms. The standard InChI is InChI=1S/C55H100O6/c1-4-7-10-13-16-19-22-25-27-30-33-36-39-42-45-48-51(57)54(60)55(61,52(58)49-46-43-40-37-34-31-28-26-23-20-17-14-11-8-5-2)53(59)50(56)47-44-41-38-35-32-29-24-21-18-15-12-9-6-3/h8,11,17,20,26,28,53-54,59-61H,4-7,9-10,12-16,18-19,21-25,27,29-49H2,1-3H3/b11-8-,20-17-,28-26-. The van der Waals surface area contributed by atoms with Gasteiger partial charge in [0, 0.05) is 19.3 Å².